The summed E-state index contributed by atoms with van der Waals surface area (Å²) in [5, 5.41) is 7.90. The fourth-order valence-electron chi connectivity index (χ4n) is 2.33. The Labute approximate surface area is 150 Å². The highest BCUT2D eigenvalue weighted by Gasteiger charge is 2.18. The quantitative estimate of drug-likeness (QED) is 0.496. The molecule has 0 atom stereocenters. The van der Waals surface area contributed by atoms with Gasteiger partial charge in [-0.2, -0.15) is 0 Å². The Kier molecular flexibility index (Phi) is 4.29. The van der Waals surface area contributed by atoms with Gasteiger partial charge in [0.2, 0.25) is 12.7 Å². The Morgan fingerprint density at radius 2 is 1.92 bits per heavy atom. The highest BCUT2D eigenvalue weighted by Crippen LogP contribution is 2.36. The fraction of sp³-hybridized carbons (Fsp3) is 0.118. The van der Waals surface area contributed by atoms with E-state index in [1.165, 1.54) is 0 Å². The lowest BCUT2D eigenvalue weighted by Crippen LogP contribution is -2.06. The van der Waals surface area contributed by atoms with E-state index in [4.69, 9.17) is 13.9 Å². The SMILES string of the molecule is O=C(CSc1nnc(-c2ccc3c(c2)OCO3)o1)c1cc(F)ccc1F. The van der Waals surface area contributed by atoms with E-state index < -0.39 is 17.4 Å². The van der Waals surface area contributed by atoms with Gasteiger partial charge in [-0.3, -0.25) is 4.79 Å². The molecule has 1 aliphatic rings. The summed E-state index contributed by atoms with van der Waals surface area (Å²) in [6.07, 6.45) is 0. The van der Waals surface area contributed by atoms with Crippen LogP contribution < -0.4 is 9.47 Å². The van der Waals surface area contributed by atoms with Gasteiger partial charge < -0.3 is 13.9 Å². The molecule has 0 bridgehead atoms. The van der Waals surface area contributed by atoms with Crippen LogP contribution in [0.25, 0.3) is 11.5 Å². The van der Waals surface area contributed by atoms with Gasteiger partial charge in [-0.15, -0.1) is 10.2 Å². The van der Waals surface area contributed by atoms with Gasteiger partial charge in [-0.05, 0) is 36.4 Å². The number of fused-ring (bicyclic) bond motifs is 1. The molecular formula is C17H10F2N2O4S. The van der Waals surface area contributed by atoms with Gasteiger partial charge in [0, 0.05) is 5.56 Å². The minimum absolute atomic E-state index is 0.142. The minimum Gasteiger partial charge on any atom is -0.454 e. The zero-order chi connectivity index (χ0) is 18.1. The van der Waals surface area contributed by atoms with Gasteiger partial charge in [-0.25, -0.2) is 8.78 Å². The van der Waals surface area contributed by atoms with Crippen molar-refractivity contribution in [2.75, 3.05) is 12.5 Å². The van der Waals surface area contributed by atoms with Crippen molar-refractivity contribution in [3.05, 3.63) is 53.6 Å². The molecule has 3 aromatic rings. The monoisotopic (exact) mass is 376 g/mol. The molecule has 0 N–H and O–H groups in total. The third-order valence-corrected chi connectivity index (χ3v) is 4.40. The molecule has 0 fully saturated rings. The van der Waals surface area contributed by atoms with Crippen LogP contribution in [-0.4, -0.2) is 28.5 Å². The average molecular weight is 376 g/mol. The van der Waals surface area contributed by atoms with E-state index in [9.17, 15) is 13.6 Å². The fourth-order valence-corrected chi connectivity index (χ4v) is 2.98. The predicted octanol–water partition coefficient (Wildman–Crippen LogP) is 3.72. The molecule has 0 saturated carbocycles. The Bertz CT molecular complexity index is 993. The van der Waals surface area contributed by atoms with Crippen molar-refractivity contribution in [2.24, 2.45) is 0 Å². The van der Waals surface area contributed by atoms with Crippen LogP contribution in [0.15, 0.2) is 46.0 Å². The van der Waals surface area contributed by atoms with Crippen LogP contribution in [0.5, 0.6) is 11.5 Å². The van der Waals surface area contributed by atoms with Crippen molar-refractivity contribution in [1.29, 1.82) is 0 Å². The van der Waals surface area contributed by atoms with Gasteiger partial charge in [0.25, 0.3) is 5.22 Å². The zero-order valence-electron chi connectivity index (χ0n) is 13.1. The van der Waals surface area contributed by atoms with Crippen LogP contribution in [0.3, 0.4) is 0 Å². The maximum Gasteiger partial charge on any atom is 0.277 e. The summed E-state index contributed by atoms with van der Waals surface area (Å²) in [4.78, 5) is 12.0. The summed E-state index contributed by atoms with van der Waals surface area (Å²) in [5.74, 6) is -0.739. The molecule has 1 aliphatic heterocycles. The van der Waals surface area contributed by atoms with Crippen LogP contribution >= 0.6 is 11.8 Å². The van der Waals surface area contributed by atoms with E-state index in [-0.39, 0.29) is 29.2 Å². The van der Waals surface area contributed by atoms with E-state index in [0.717, 1.165) is 30.0 Å². The summed E-state index contributed by atoms with van der Waals surface area (Å²) >= 11 is 0.944. The first-order valence-electron chi connectivity index (χ1n) is 7.45. The number of halogens is 2. The van der Waals surface area contributed by atoms with E-state index in [1.807, 2.05) is 0 Å². The van der Waals surface area contributed by atoms with Crippen molar-refractivity contribution in [3.63, 3.8) is 0 Å². The third-order valence-electron chi connectivity index (χ3n) is 3.58. The normalized spacial score (nSPS) is 12.4. The number of ketones is 1. The number of carbonyl (C=O) groups excluding carboxylic acids is 1. The molecule has 26 heavy (non-hydrogen) atoms. The summed E-state index contributed by atoms with van der Waals surface area (Å²) in [6, 6.07) is 7.90. The summed E-state index contributed by atoms with van der Waals surface area (Å²) in [6.45, 7) is 0.155. The smallest absolute Gasteiger partial charge is 0.277 e. The van der Waals surface area contributed by atoms with E-state index in [1.54, 1.807) is 18.2 Å². The Morgan fingerprint density at radius 3 is 2.81 bits per heavy atom. The molecule has 132 valence electrons. The lowest BCUT2D eigenvalue weighted by Gasteiger charge is -2.01. The maximum absolute atomic E-state index is 13.6. The highest BCUT2D eigenvalue weighted by molar-refractivity contribution is 7.99. The Morgan fingerprint density at radius 1 is 1.08 bits per heavy atom. The lowest BCUT2D eigenvalue weighted by molar-refractivity contribution is 0.101. The molecule has 6 nitrogen and oxygen atoms in total. The second kappa shape index (κ2) is 6.75. The first-order chi connectivity index (χ1) is 12.6. The van der Waals surface area contributed by atoms with Gasteiger partial charge in [0.05, 0.1) is 11.3 Å². The number of hydrogen-bond donors (Lipinski definition) is 0. The van der Waals surface area contributed by atoms with E-state index in [0.29, 0.717) is 17.1 Å². The molecule has 2 aromatic carbocycles. The van der Waals surface area contributed by atoms with Crippen LogP contribution in [0, 0.1) is 11.6 Å². The number of aromatic nitrogens is 2. The molecule has 2 heterocycles. The number of Topliss-reactive ketones (excluding diaryl/α,β-unsaturated/α-hetero) is 1. The number of rotatable bonds is 5. The summed E-state index contributed by atoms with van der Waals surface area (Å²) < 4.78 is 42.8. The summed E-state index contributed by atoms with van der Waals surface area (Å²) in [5.41, 5.74) is 0.323. The van der Waals surface area contributed by atoms with Crippen LogP contribution in [-0.2, 0) is 0 Å². The second-order valence-electron chi connectivity index (χ2n) is 5.28. The van der Waals surface area contributed by atoms with Crippen LogP contribution in [0.1, 0.15) is 10.4 Å². The van der Waals surface area contributed by atoms with E-state index in [2.05, 4.69) is 10.2 Å². The van der Waals surface area contributed by atoms with Gasteiger partial charge in [0.15, 0.2) is 17.3 Å². The molecule has 0 amide bonds. The Hall–Kier alpha value is -2.94. The van der Waals surface area contributed by atoms with Crippen molar-refractivity contribution < 1.29 is 27.5 Å². The number of ether oxygens (including phenoxy) is 2. The van der Waals surface area contributed by atoms with Crippen molar-refractivity contribution in [1.82, 2.24) is 10.2 Å². The van der Waals surface area contributed by atoms with Crippen molar-refractivity contribution >= 4 is 17.5 Å². The minimum atomic E-state index is -0.774. The van der Waals surface area contributed by atoms with E-state index >= 15 is 0 Å². The number of hydrogen-bond acceptors (Lipinski definition) is 7. The molecular weight excluding hydrogens is 366 g/mol. The van der Waals surface area contributed by atoms with Gasteiger partial charge in [0.1, 0.15) is 11.6 Å². The molecule has 0 radical (unpaired) electrons. The number of carbonyl (C=O) groups is 1. The molecule has 4 rings (SSSR count). The third kappa shape index (κ3) is 3.25. The first-order valence-corrected chi connectivity index (χ1v) is 8.43. The molecule has 1 aromatic heterocycles. The van der Waals surface area contributed by atoms with Gasteiger partial charge >= 0.3 is 0 Å². The largest absolute Gasteiger partial charge is 0.454 e. The molecule has 0 unspecified atom stereocenters. The lowest BCUT2D eigenvalue weighted by atomic mass is 10.1. The summed E-state index contributed by atoms with van der Waals surface area (Å²) in [7, 11) is 0. The van der Waals surface area contributed by atoms with Crippen LogP contribution in [0.4, 0.5) is 8.78 Å². The average Bonchev–Trinajstić information content (AvgIpc) is 3.30. The standard InChI is InChI=1S/C17H10F2N2O4S/c18-10-2-3-12(19)11(6-10)13(22)7-26-17-21-20-16(25-17)9-1-4-14-15(5-9)24-8-23-14/h1-6H,7-8H2. The highest BCUT2D eigenvalue weighted by atomic mass is 32.2. The van der Waals surface area contributed by atoms with Crippen molar-refractivity contribution in [2.45, 2.75) is 5.22 Å². The number of nitrogens with zero attached hydrogens (tertiary/aromatic N) is 2. The molecule has 0 aliphatic carbocycles. The van der Waals surface area contributed by atoms with Gasteiger partial charge in [-0.1, -0.05) is 11.8 Å². The molecule has 9 heteroatoms. The topological polar surface area (TPSA) is 74.5 Å². The zero-order valence-corrected chi connectivity index (χ0v) is 13.9. The van der Waals surface area contributed by atoms with Crippen LogP contribution in [0.2, 0.25) is 0 Å². The first kappa shape index (κ1) is 16.5. The molecule has 0 spiro atoms. The predicted molar refractivity (Wildman–Crippen MR) is 87.3 cm³/mol. The number of thioether (sulfide) groups is 1. The molecule has 0 saturated heterocycles. The van der Waals surface area contributed by atoms with Crippen molar-refractivity contribution in [3.8, 4) is 23.0 Å². The second-order valence-corrected chi connectivity index (χ2v) is 6.20. The number of benzene rings is 2. The maximum atomic E-state index is 13.6. The Balaban J connectivity index is 1.45.